The molecule has 0 saturated carbocycles. The monoisotopic (exact) mass is 282 g/mol. The fourth-order valence-corrected chi connectivity index (χ4v) is 3.47. The quantitative estimate of drug-likeness (QED) is 0.615. The molecular weight excluding hydrogens is 256 g/mol. The van der Waals surface area contributed by atoms with Gasteiger partial charge in [0, 0.05) is 13.1 Å². The molecule has 104 valence electrons. The van der Waals surface area contributed by atoms with Crippen molar-refractivity contribution in [3.05, 3.63) is 0 Å². The molecule has 0 aromatic rings. The van der Waals surface area contributed by atoms with Crippen LogP contribution in [-0.2, 0) is 10.0 Å². The Balaban J connectivity index is 4.10. The molecule has 0 aromatic carbocycles. The van der Waals surface area contributed by atoms with Gasteiger partial charge in [-0.25, -0.2) is 12.7 Å². The fraction of sp³-hybridized carbons (Fsp3) is 1.00. The number of thioether (sulfide) groups is 1. The van der Waals surface area contributed by atoms with Gasteiger partial charge in [-0.15, -0.1) is 0 Å². The Hall–Kier alpha value is 0.220. The molecule has 0 amide bonds. The van der Waals surface area contributed by atoms with Gasteiger partial charge in [-0.1, -0.05) is 6.92 Å². The van der Waals surface area contributed by atoms with Crippen LogP contribution < -0.4 is 5.32 Å². The minimum atomic E-state index is -3.09. The van der Waals surface area contributed by atoms with E-state index in [1.807, 2.05) is 20.1 Å². The number of nitrogens with one attached hydrogen (secondary N) is 1. The van der Waals surface area contributed by atoms with Gasteiger partial charge in [0.25, 0.3) is 0 Å². The van der Waals surface area contributed by atoms with E-state index in [0.29, 0.717) is 6.42 Å². The summed E-state index contributed by atoms with van der Waals surface area (Å²) in [6.07, 6.45) is 3.62. The third-order valence-corrected chi connectivity index (χ3v) is 5.49. The number of sulfonamides is 1. The summed E-state index contributed by atoms with van der Waals surface area (Å²) in [5.74, 6) is 1.23. The van der Waals surface area contributed by atoms with Gasteiger partial charge in [0.2, 0.25) is 10.0 Å². The van der Waals surface area contributed by atoms with Crippen LogP contribution >= 0.6 is 11.8 Å². The van der Waals surface area contributed by atoms with E-state index in [-0.39, 0.29) is 11.8 Å². The molecule has 6 heteroatoms. The second-order valence-corrected chi connectivity index (χ2v) is 7.30. The molecule has 1 atom stereocenters. The zero-order valence-electron chi connectivity index (χ0n) is 11.4. The van der Waals surface area contributed by atoms with Crippen molar-refractivity contribution in [1.29, 1.82) is 0 Å². The predicted molar refractivity (Wildman–Crippen MR) is 77.2 cm³/mol. The minimum absolute atomic E-state index is 0.0894. The van der Waals surface area contributed by atoms with Gasteiger partial charge in [0.05, 0.1) is 5.75 Å². The Morgan fingerprint density at radius 2 is 2.06 bits per heavy atom. The van der Waals surface area contributed by atoms with Gasteiger partial charge in [-0.3, -0.25) is 0 Å². The van der Waals surface area contributed by atoms with Crippen molar-refractivity contribution in [2.45, 2.75) is 32.7 Å². The van der Waals surface area contributed by atoms with Crippen LogP contribution in [0.1, 0.15) is 26.7 Å². The highest BCUT2D eigenvalue weighted by Crippen LogP contribution is 2.11. The minimum Gasteiger partial charge on any atom is -0.317 e. The zero-order chi connectivity index (χ0) is 13.3. The molecule has 4 nitrogen and oxygen atoms in total. The molecule has 1 N–H and O–H groups in total. The van der Waals surface area contributed by atoms with Crippen LogP contribution in [0.4, 0.5) is 0 Å². The van der Waals surface area contributed by atoms with Crippen LogP contribution in [0.15, 0.2) is 0 Å². The third-order valence-electron chi connectivity index (χ3n) is 2.81. The summed E-state index contributed by atoms with van der Waals surface area (Å²) < 4.78 is 25.5. The number of rotatable bonds is 10. The molecule has 0 aliphatic rings. The van der Waals surface area contributed by atoms with E-state index in [2.05, 4.69) is 5.32 Å². The maximum atomic E-state index is 12.0. The van der Waals surface area contributed by atoms with E-state index in [9.17, 15) is 8.42 Å². The van der Waals surface area contributed by atoms with Gasteiger partial charge in [0.1, 0.15) is 0 Å². The Bertz CT molecular complexity index is 281. The fourth-order valence-electron chi connectivity index (χ4n) is 1.44. The predicted octanol–water partition coefficient (Wildman–Crippen LogP) is 1.39. The topological polar surface area (TPSA) is 49.4 Å². The molecule has 0 aliphatic heterocycles. The lowest BCUT2D eigenvalue weighted by Crippen LogP contribution is -2.37. The van der Waals surface area contributed by atoms with Crippen LogP contribution in [0, 0.1) is 0 Å². The summed E-state index contributed by atoms with van der Waals surface area (Å²) in [6, 6.07) is 0.0894. The van der Waals surface area contributed by atoms with E-state index in [0.717, 1.165) is 25.3 Å². The largest absolute Gasteiger partial charge is 0.317 e. The summed E-state index contributed by atoms with van der Waals surface area (Å²) in [5.41, 5.74) is 0. The molecule has 0 aliphatic carbocycles. The Morgan fingerprint density at radius 3 is 2.59 bits per heavy atom. The molecule has 0 fully saturated rings. The molecule has 0 spiro atoms. The standard InChI is InChI=1S/C11H26N2O2S2/c1-5-12-8-6-10-17(14,15)13(3)11(2)7-9-16-4/h11-12H,5-10H2,1-4H3. The molecule has 0 radical (unpaired) electrons. The van der Waals surface area contributed by atoms with Crippen molar-refractivity contribution < 1.29 is 8.42 Å². The number of nitrogens with zero attached hydrogens (tertiary/aromatic N) is 1. The van der Waals surface area contributed by atoms with Gasteiger partial charge in [-0.2, -0.15) is 11.8 Å². The maximum absolute atomic E-state index is 12.0. The lowest BCUT2D eigenvalue weighted by atomic mass is 10.3. The zero-order valence-corrected chi connectivity index (χ0v) is 13.0. The molecule has 1 unspecified atom stereocenters. The van der Waals surface area contributed by atoms with Crippen molar-refractivity contribution in [3.63, 3.8) is 0 Å². The highest BCUT2D eigenvalue weighted by Gasteiger charge is 2.22. The SMILES string of the molecule is CCNCCCS(=O)(=O)N(C)C(C)CCSC. The highest BCUT2D eigenvalue weighted by atomic mass is 32.2. The summed E-state index contributed by atoms with van der Waals surface area (Å²) in [6.45, 7) is 5.64. The third kappa shape index (κ3) is 7.28. The van der Waals surface area contributed by atoms with Gasteiger partial charge >= 0.3 is 0 Å². The first kappa shape index (κ1) is 17.2. The van der Waals surface area contributed by atoms with Crippen molar-refractivity contribution in [1.82, 2.24) is 9.62 Å². The summed E-state index contributed by atoms with van der Waals surface area (Å²) in [5, 5.41) is 3.14. The molecule has 0 rings (SSSR count). The lowest BCUT2D eigenvalue weighted by Gasteiger charge is -2.24. The number of hydrogen-bond donors (Lipinski definition) is 1. The molecular formula is C11H26N2O2S2. The summed E-state index contributed by atoms with van der Waals surface area (Å²) >= 11 is 1.75. The van der Waals surface area contributed by atoms with Gasteiger partial charge in [0.15, 0.2) is 0 Å². The van der Waals surface area contributed by atoms with Crippen molar-refractivity contribution in [2.75, 3.05) is 37.9 Å². The second kappa shape index (κ2) is 9.19. The van der Waals surface area contributed by atoms with Crippen molar-refractivity contribution in [3.8, 4) is 0 Å². The van der Waals surface area contributed by atoms with Crippen LogP contribution in [0.2, 0.25) is 0 Å². The average Bonchev–Trinajstić information content (AvgIpc) is 2.30. The summed E-state index contributed by atoms with van der Waals surface area (Å²) in [4.78, 5) is 0. The number of hydrogen-bond acceptors (Lipinski definition) is 4. The molecule has 0 aromatic heterocycles. The van der Waals surface area contributed by atoms with E-state index in [4.69, 9.17) is 0 Å². The van der Waals surface area contributed by atoms with E-state index < -0.39 is 10.0 Å². The van der Waals surface area contributed by atoms with E-state index >= 15 is 0 Å². The summed E-state index contributed by atoms with van der Waals surface area (Å²) in [7, 11) is -1.40. The van der Waals surface area contributed by atoms with Crippen LogP contribution in [0.3, 0.4) is 0 Å². The van der Waals surface area contributed by atoms with Crippen molar-refractivity contribution in [2.24, 2.45) is 0 Å². The van der Waals surface area contributed by atoms with Gasteiger partial charge < -0.3 is 5.32 Å². The van der Waals surface area contributed by atoms with Crippen LogP contribution in [0.5, 0.6) is 0 Å². The normalized spacial score (nSPS) is 14.2. The molecule has 17 heavy (non-hydrogen) atoms. The second-order valence-electron chi connectivity index (χ2n) is 4.17. The first-order valence-corrected chi connectivity index (χ1v) is 9.11. The first-order valence-electron chi connectivity index (χ1n) is 6.11. The average molecular weight is 282 g/mol. The Kier molecular flexibility index (Phi) is 9.31. The lowest BCUT2D eigenvalue weighted by molar-refractivity contribution is 0.381. The van der Waals surface area contributed by atoms with E-state index in [1.54, 1.807) is 18.8 Å². The first-order chi connectivity index (χ1) is 7.95. The Morgan fingerprint density at radius 1 is 1.41 bits per heavy atom. The van der Waals surface area contributed by atoms with Gasteiger partial charge in [-0.05, 0) is 44.9 Å². The molecule has 0 saturated heterocycles. The van der Waals surface area contributed by atoms with Crippen LogP contribution in [-0.4, -0.2) is 56.7 Å². The van der Waals surface area contributed by atoms with Crippen LogP contribution in [0.25, 0.3) is 0 Å². The smallest absolute Gasteiger partial charge is 0.214 e. The van der Waals surface area contributed by atoms with E-state index in [1.165, 1.54) is 4.31 Å². The maximum Gasteiger partial charge on any atom is 0.214 e. The van der Waals surface area contributed by atoms with Crippen molar-refractivity contribution >= 4 is 21.8 Å². The Labute approximate surface area is 111 Å². The highest BCUT2D eigenvalue weighted by molar-refractivity contribution is 7.98. The molecule has 0 heterocycles. The molecule has 0 bridgehead atoms.